The smallest absolute Gasteiger partial charge is 0.416 e. The molecule has 1 atom stereocenters. The van der Waals surface area contributed by atoms with E-state index in [1.54, 1.807) is 18.3 Å². The Morgan fingerprint density at radius 1 is 1.27 bits per heavy atom. The fourth-order valence-electron chi connectivity index (χ4n) is 5.30. The normalized spacial score (nSPS) is 27.2. The maximum atomic E-state index is 12.6. The third-order valence-electron chi connectivity index (χ3n) is 6.90. The van der Waals surface area contributed by atoms with E-state index in [-0.39, 0.29) is 18.6 Å². The van der Waals surface area contributed by atoms with Gasteiger partial charge in [-0.2, -0.15) is 5.26 Å². The Morgan fingerprint density at radius 2 is 2.15 bits per heavy atom. The molecule has 33 heavy (non-hydrogen) atoms. The van der Waals surface area contributed by atoms with Crippen LogP contribution in [0.4, 0.5) is 16.4 Å². The van der Waals surface area contributed by atoms with Crippen molar-refractivity contribution < 1.29 is 19.1 Å². The van der Waals surface area contributed by atoms with Crippen molar-refractivity contribution in [1.29, 1.82) is 5.26 Å². The van der Waals surface area contributed by atoms with Crippen LogP contribution in [-0.2, 0) is 22.4 Å². The predicted molar refractivity (Wildman–Crippen MR) is 116 cm³/mol. The van der Waals surface area contributed by atoms with Crippen LogP contribution in [0, 0.1) is 17.2 Å². The highest BCUT2D eigenvalue weighted by molar-refractivity contribution is 5.95. The lowest BCUT2D eigenvalue weighted by atomic mass is 9.75. The van der Waals surface area contributed by atoms with Gasteiger partial charge < -0.3 is 20.1 Å². The van der Waals surface area contributed by atoms with Gasteiger partial charge in [0.05, 0.1) is 6.54 Å². The molecule has 2 N–H and O–H groups in total. The molecular weight excluding hydrogens is 424 g/mol. The van der Waals surface area contributed by atoms with E-state index in [1.807, 2.05) is 6.07 Å². The van der Waals surface area contributed by atoms with E-state index in [0.717, 1.165) is 37.8 Å². The molecule has 10 heteroatoms. The molecule has 1 spiro atoms. The number of carbonyl (C=O) groups excluding carboxylic acids is 2. The molecule has 10 nitrogen and oxygen atoms in total. The number of hydrogen-bond acceptors (Lipinski definition) is 8. The average Bonchev–Trinajstić information content (AvgIpc) is 3.37. The van der Waals surface area contributed by atoms with Gasteiger partial charge in [0.25, 0.3) is 5.91 Å². The maximum Gasteiger partial charge on any atom is 0.416 e. The van der Waals surface area contributed by atoms with Crippen LogP contribution in [0.2, 0.25) is 0 Å². The zero-order valence-corrected chi connectivity index (χ0v) is 17.8. The second kappa shape index (κ2) is 7.42. The molecule has 1 unspecified atom stereocenters. The fourth-order valence-corrected chi connectivity index (χ4v) is 5.30. The van der Waals surface area contributed by atoms with Gasteiger partial charge >= 0.3 is 6.09 Å². The molecule has 0 aromatic carbocycles. The fraction of sp³-hybridized carbons (Fsp3) is 0.435. The number of fused-ring (bicyclic) bond motifs is 2. The molecule has 1 saturated heterocycles. The minimum atomic E-state index is -0.511. The highest BCUT2D eigenvalue weighted by atomic mass is 16.6. The summed E-state index contributed by atoms with van der Waals surface area (Å²) in [5.74, 6) is 1.40. The highest BCUT2D eigenvalue weighted by Gasteiger charge is 2.54. The molecule has 168 valence electrons. The summed E-state index contributed by atoms with van der Waals surface area (Å²) >= 11 is 0. The van der Waals surface area contributed by atoms with Crippen molar-refractivity contribution in [3.05, 3.63) is 41.2 Å². The molecule has 0 bridgehead atoms. The van der Waals surface area contributed by atoms with Crippen molar-refractivity contribution in [3.8, 4) is 11.8 Å². The largest absolute Gasteiger partial charge is 0.480 e. The molecule has 2 aliphatic carbocycles. The van der Waals surface area contributed by atoms with Gasteiger partial charge in [-0.15, -0.1) is 0 Å². The lowest BCUT2D eigenvalue weighted by Crippen LogP contribution is -2.56. The van der Waals surface area contributed by atoms with Gasteiger partial charge in [-0.1, -0.05) is 0 Å². The van der Waals surface area contributed by atoms with Crippen molar-refractivity contribution in [3.63, 3.8) is 0 Å². The number of carbonyl (C=O) groups is 2. The van der Waals surface area contributed by atoms with Crippen molar-refractivity contribution in [2.45, 2.75) is 37.3 Å². The number of pyridine rings is 2. The predicted octanol–water partition coefficient (Wildman–Crippen LogP) is 1.54. The average molecular weight is 446 g/mol. The first kappa shape index (κ1) is 19.9. The van der Waals surface area contributed by atoms with Gasteiger partial charge in [0.15, 0.2) is 18.2 Å². The molecule has 0 radical (unpaired) electrons. The molecule has 4 aliphatic rings. The molecule has 2 fully saturated rings. The number of rotatable bonds is 4. The topological polar surface area (TPSA) is 129 Å². The molecule has 2 aromatic rings. The Bertz CT molecular complexity index is 1200. The van der Waals surface area contributed by atoms with E-state index in [2.05, 4.69) is 26.7 Å². The van der Waals surface area contributed by atoms with Crippen LogP contribution in [0.1, 0.15) is 29.7 Å². The number of aromatic nitrogens is 2. The number of amides is 2. The number of nitrogens with zero attached hydrogens (tertiary/aromatic N) is 4. The molecule has 4 heterocycles. The number of nitrogens with one attached hydrogen (secondary N) is 2. The summed E-state index contributed by atoms with van der Waals surface area (Å²) in [4.78, 5) is 34.2. The summed E-state index contributed by atoms with van der Waals surface area (Å²) in [6, 6.07) is 7.88. The Hall–Kier alpha value is -3.71. The Kier molecular flexibility index (Phi) is 4.48. The third-order valence-corrected chi connectivity index (χ3v) is 6.90. The van der Waals surface area contributed by atoms with Gasteiger partial charge in [-0.25, -0.2) is 14.8 Å². The van der Waals surface area contributed by atoms with Gasteiger partial charge in [-0.3, -0.25) is 9.69 Å². The van der Waals surface area contributed by atoms with Gasteiger partial charge in [0.2, 0.25) is 0 Å². The van der Waals surface area contributed by atoms with Crippen molar-refractivity contribution in [2.75, 3.05) is 29.9 Å². The van der Waals surface area contributed by atoms with Gasteiger partial charge in [-0.05, 0) is 54.6 Å². The first-order valence-electron chi connectivity index (χ1n) is 11.1. The van der Waals surface area contributed by atoms with E-state index in [0.29, 0.717) is 35.5 Å². The first-order valence-corrected chi connectivity index (χ1v) is 11.1. The van der Waals surface area contributed by atoms with Crippen LogP contribution >= 0.6 is 0 Å². The first-order chi connectivity index (χ1) is 16.0. The molecule has 2 amide bonds. The molecule has 2 aromatic heterocycles. The van der Waals surface area contributed by atoms with E-state index in [9.17, 15) is 14.9 Å². The standard InChI is InChI=1S/C23H22N6O4/c24-9-17-16-6-13(5-14(16)3-4-25-17)10-26-15-7-23(8-15)12-29(22(31)33-23)19-2-1-18-21(27-19)28-20(30)11-32-18/h1-4,13,15,26H,5-8,10-12H2,(H,27,28,30). The lowest BCUT2D eigenvalue weighted by molar-refractivity contribution is -0.118. The van der Waals surface area contributed by atoms with Crippen molar-refractivity contribution in [2.24, 2.45) is 5.92 Å². The molecule has 2 aliphatic heterocycles. The van der Waals surface area contributed by atoms with Crippen LogP contribution < -0.4 is 20.3 Å². The van der Waals surface area contributed by atoms with E-state index in [1.165, 1.54) is 10.5 Å². The summed E-state index contributed by atoms with van der Waals surface area (Å²) < 4.78 is 11.1. The summed E-state index contributed by atoms with van der Waals surface area (Å²) in [6.45, 7) is 1.24. The summed E-state index contributed by atoms with van der Waals surface area (Å²) in [5, 5.41) is 15.5. The van der Waals surface area contributed by atoms with Crippen LogP contribution in [0.15, 0.2) is 24.4 Å². The molecule has 6 rings (SSSR count). The lowest BCUT2D eigenvalue weighted by Gasteiger charge is -2.43. The minimum absolute atomic E-state index is 0.0411. The summed E-state index contributed by atoms with van der Waals surface area (Å²) in [7, 11) is 0. The summed E-state index contributed by atoms with van der Waals surface area (Å²) in [5.41, 5.74) is 2.33. The third kappa shape index (κ3) is 3.45. The van der Waals surface area contributed by atoms with Gasteiger partial charge in [0.1, 0.15) is 23.2 Å². The Balaban J connectivity index is 1.05. The second-order valence-corrected chi connectivity index (χ2v) is 9.19. The second-order valence-electron chi connectivity index (χ2n) is 9.19. The monoisotopic (exact) mass is 446 g/mol. The Labute approximate surface area is 189 Å². The Morgan fingerprint density at radius 3 is 3.00 bits per heavy atom. The van der Waals surface area contributed by atoms with Gasteiger partial charge in [0, 0.05) is 25.1 Å². The number of nitriles is 1. The van der Waals surface area contributed by atoms with Crippen LogP contribution in [0.5, 0.6) is 5.75 Å². The van der Waals surface area contributed by atoms with Crippen LogP contribution in [0.25, 0.3) is 0 Å². The SMILES string of the molecule is N#Cc1nccc2c1CC(CNC1CC3(C1)CN(c1ccc4c(n1)NC(=O)CO4)C(=O)O3)C2. The van der Waals surface area contributed by atoms with E-state index in [4.69, 9.17) is 9.47 Å². The molecular formula is C23H22N6O4. The van der Waals surface area contributed by atoms with Crippen molar-refractivity contribution in [1.82, 2.24) is 15.3 Å². The summed E-state index contributed by atoms with van der Waals surface area (Å²) in [6.07, 6.45) is 4.58. The molecule has 1 saturated carbocycles. The zero-order chi connectivity index (χ0) is 22.6. The van der Waals surface area contributed by atoms with E-state index >= 15 is 0 Å². The van der Waals surface area contributed by atoms with Crippen molar-refractivity contribution >= 4 is 23.6 Å². The van der Waals surface area contributed by atoms with Crippen LogP contribution in [-0.4, -0.2) is 53.3 Å². The number of anilines is 2. The quantitative estimate of drug-likeness (QED) is 0.724. The maximum absolute atomic E-state index is 12.6. The number of hydrogen-bond donors (Lipinski definition) is 2. The van der Waals surface area contributed by atoms with Crippen LogP contribution in [0.3, 0.4) is 0 Å². The van der Waals surface area contributed by atoms with E-state index < -0.39 is 11.7 Å². The minimum Gasteiger partial charge on any atom is -0.480 e. The highest BCUT2D eigenvalue weighted by Crippen LogP contribution is 2.43. The number of ether oxygens (including phenoxy) is 2. The zero-order valence-electron chi connectivity index (χ0n) is 17.8.